The summed E-state index contributed by atoms with van der Waals surface area (Å²) in [5.41, 5.74) is 5.35. The molecule has 0 aliphatic rings. The first kappa shape index (κ1) is 14.4. The molecule has 0 bridgehead atoms. The van der Waals surface area contributed by atoms with Crippen molar-refractivity contribution >= 4 is 5.91 Å². The van der Waals surface area contributed by atoms with Crippen molar-refractivity contribution in [1.82, 2.24) is 5.32 Å². The zero-order chi connectivity index (χ0) is 11.9. The van der Waals surface area contributed by atoms with Gasteiger partial charge in [0.1, 0.15) is 0 Å². The molecule has 0 fully saturated rings. The lowest BCUT2D eigenvalue weighted by Crippen LogP contribution is -2.50. The van der Waals surface area contributed by atoms with Gasteiger partial charge in [0, 0.05) is 12.1 Å². The molecular formula is C11H24N2O2. The standard InChI is InChI=1S/C11H24N2O2/c1-4-5-6-9(12)10(15)13-11(2,3)7-8-14/h9,14H,4-8,12H2,1-3H3,(H,13,15). The highest BCUT2D eigenvalue weighted by atomic mass is 16.3. The largest absolute Gasteiger partial charge is 0.396 e. The Bertz CT molecular complexity index is 193. The van der Waals surface area contributed by atoms with Crippen molar-refractivity contribution in [2.45, 2.75) is 58.0 Å². The Labute approximate surface area is 92.2 Å². The molecule has 4 nitrogen and oxygen atoms in total. The van der Waals surface area contributed by atoms with Gasteiger partial charge in [0.25, 0.3) is 0 Å². The number of aliphatic hydroxyl groups excluding tert-OH is 1. The zero-order valence-electron chi connectivity index (χ0n) is 10.0. The maximum atomic E-state index is 11.6. The molecule has 90 valence electrons. The van der Waals surface area contributed by atoms with Crippen molar-refractivity contribution in [3.05, 3.63) is 0 Å². The summed E-state index contributed by atoms with van der Waals surface area (Å²) < 4.78 is 0. The van der Waals surface area contributed by atoms with Crippen LogP contribution in [0, 0.1) is 0 Å². The summed E-state index contributed by atoms with van der Waals surface area (Å²) in [6.45, 7) is 5.90. The topological polar surface area (TPSA) is 75.4 Å². The van der Waals surface area contributed by atoms with Gasteiger partial charge in [-0.2, -0.15) is 0 Å². The molecule has 0 saturated heterocycles. The van der Waals surface area contributed by atoms with Crippen LogP contribution in [0.3, 0.4) is 0 Å². The van der Waals surface area contributed by atoms with Crippen LogP contribution in [0.15, 0.2) is 0 Å². The van der Waals surface area contributed by atoms with Gasteiger partial charge in [-0.25, -0.2) is 0 Å². The van der Waals surface area contributed by atoms with E-state index in [9.17, 15) is 4.79 Å². The molecule has 0 saturated carbocycles. The third kappa shape index (κ3) is 6.47. The van der Waals surface area contributed by atoms with Crippen LogP contribution in [0.25, 0.3) is 0 Å². The van der Waals surface area contributed by atoms with Crippen LogP contribution in [0.5, 0.6) is 0 Å². The van der Waals surface area contributed by atoms with Crippen LogP contribution in [0.1, 0.15) is 46.5 Å². The van der Waals surface area contributed by atoms with Crippen molar-refractivity contribution in [3.63, 3.8) is 0 Å². The zero-order valence-corrected chi connectivity index (χ0v) is 10.0. The molecule has 15 heavy (non-hydrogen) atoms. The van der Waals surface area contributed by atoms with Crippen molar-refractivity contribution in [2.24, 2.45) is 5.73 Å². The van der Waals surface area contributed by atoms with Gasteiger partial charge in [0.15, 0.2) is 0 Å². The second-order valence-corrected chi connectivity index (χ2v) is 4.60. The highest BCUT2D eigenvalue weighted by Crippen LogP contribution is 2.08. The summed E-state index contributed by atoms with van der Waals surface area (Å²) in [7, 11) is 0. The first-order valence-electron chi connectivity index (χ1n) is 5.61. The van der Waals surface area contributed by atoms with Crippen molar-refractivity contribution in [1.29, 1.82) is 0 Å². The molecule has 4 heteroatoms. The van der Waals surface area contributed by atoms with Crippen LogP contribution in [0.4, 0.5) is 0 Å². The van der Waals surface area contributed by atoms with Gasteiger partial charge < -0.3 is 16.2 Å². The Hall–Kier alpha value is -0.610. The number of hydrogen-bond acceptors (Lipinski definition) is 3. The van der Waals surface area contributed by atoms with E-state index in [4.69, 9.17) is 10.8 Å². The highest BCUT2D eigenvalue weighted by Gasteiger charge is 2.22. The summed E-state index contributed by atoms with van der Waals surface area (Å²) in [6.07, 6.45) is 3.27. The number of rotatable bonds is 7. The van der Waals surface area contributed by atoms with E-state index in [1.165, 1.54) is 0 Å². The minimum atomic E-state index is -0.428. The second kappa shape index (κ2) is 6.80. The Morgan fingerprint density at radius 1 is 1.53 bits per heavy atom. The molecule has 4 N–H and O–H groups in total. The molecule has 0 spiro atoms. The lowest BCUT2D eigenvalue weighted by molar-refractivity contribution is -0.124. The van der Waals surface area contributed by atoms with E-state index in [-0.39, 0.29) is 18.1 Å². The molecule has 1 atom stereocenters. The fourth-order valence-electron chi connectivity index (χ4n) is 1.32. The van der Waals surface area contributed by atoms with Gasteiger partial charge in [0.05, 0.1) is 6.04 Å². The molecule has 1 amide bonds. The van der Waals surface area contributed by atoms with E-state index in [1.807, 2.05) is 13.8 Å². The van der Waals surface area contributed by atoms with Gasteiger partial charge in [-0.3, -0.25) is 4.79 Å². The molecule has 0 rings (SSSR count). The number of hydrogen-bond donors (Lipinski definition) is 3. The first-order valence-corrected chi connectivity index (χ1v) is 5.61. The number of carbonyl (C=O) groups is 1. The maximum Gasteiger partial charge on any atom is 0.237 e. The van der Waals surface area contributed by atoms with Gasteiger partial charge in [-0.1, -0.05) is 19.8 Å². The van der Waals surface area contributed by atoms with Crippen LogP contribution in [-0.2, 0) is 4.79 Å². The highest BCUT2D eigenvalue weighted by molar-refractivity contribution is 5.82. The Balaban J connectivity index is 4.00. The van der Waals surface area contributed by atoms with E-state index < -0.39 is 6.04 Å². The summed E-state index contributed by atoms with van der Waals surface area (Å²) >= 11 is 0. The minimum Gasteiger partial charge on any atom is -0.396 e. The predicted octanol–water partition coefficient (Wildman–Crippen LogP) is 0.781. The SMILES string of the molecule is CCCCC(N)C(=O)NC(C)(C)CCO. The average Bonchev–Trinajstić information content (AvgIpc) is 2.13. The quantitative estimate of drug-likeness (QED) is 0.588. The Kier molecular flexibility index (Phi) is 6.52. The Morgan fingerprint density at radius 2 is 2.13 bits per heavy atom. The van der Waals surface area contributed by atoms with E-state index in [2.05, 4.69) is 12.2 Å². The fraction of sp³-hybridized carbons (Fsp3) is 0.909. The average molecular weight is 216 g/mol. The van der Waals surface area contributed by atoms with Gasteiger partial charge in [-0.15, -0.1) is 0 Å². The molecule has 0 aromatic heterocycles. The van der Waals surface area contributed by atoms with Gasteiger partial charge >= 0.3 is 0 Å². The van der Waals surface area contributed by atoms with Gasteiger partial charge in [-0.05, 0) is 26.7 Å². The monoisotopic (exact) mass is 216 g/mol. The molecule has 1 unspecified atom stereocenters. The number of unbranched alkanes of at least 4 members (excludes halogenated alkanes) is 1. The number of nitrogens with two attached hydrogens (primary N) is 1. The predicted molar refractivity (Wildman–Crippen MR) is 61.4 cm³/mol. The summed E-state index contributed by atoms with van der Waals surface area (Å²) in [6, 6.07) is -0.428. The smallest absolute Gasteiger partial charge is 0.237 e. The van der Waals surface area contributed by atoms with Crippen LogP contribution >= 0.6 is 0 Å². The van der Waals surface area contributed by atoms with Crippen molar-refractivity contribution in [3.8, 4) is 0 Å². The summed E-state index contributed by atoms with van der Waals surface area (Å²) in [4.78, 5) is 11.6. The normalized spacial score (nSPS) is 13.7. The third-order valence-corrected chi connectivity index (χ3v) is 2.40. The number of nitrogens with one attached hydrogen (secondary N) is 1. The second-order valence-electron chi connectivity index (χ2n) is 4.60. The lowest BCUT2D eigenvalue weighted by atomic mass is 10.00. The maximum absolute atomic E-state index is 11.6. The van der Waals surface area contributed by atoms with Crippen LogP contribution < -0.4 is 11.1 Å². The van der Waals surface area contributed by atoms with Crippen LogP contribution in [0.2, 0.25) is 0 Å². The van der Waals surface area contributed by atoms with Crippen molar-refractivity contribution < 1.29 is 9.90 Å². The number of aliphatic hydroxyl groups is 1. The van der Waals surface area contributed by atoms with E-state index in [1.54, 1.807) is 0 Å². The number of amides is 1. The van der Waals surface area contributed by atoms with Gasteiger partial charge in [0.2, 0.25) is 5.91 Å². The fourth-order valence-corrected chi connectivity index (χ4v) is 1.32. The minimum absolute atomic E-state index is 0.0669. The first-order chi connectivity index (χ1) is 6.93. The van der Waals surface area contributed by atoms with E-state index >= 15 is 0 Å². The Morgan fingerprint density at radius 3 is 2.60 bits per heavy atom. The summed E-state index contributed by atoms with van der Waals surface area (Å²) in [5.74, 6) is -0.123. The summed E-state index contributed by atoms with van der Waals surface area (Å²) in [5, 5.41) is 11.7. The van der Waals surface area contributed by atoms with E-state index in [0.717, 1.165) is 19.3 Å². The third-order valence-electron chi connectivity index (χ3n) is 2.40. The van der Waals surface area contributed by atoms with Crippen LogP contribution in [-0.4, -0.2) is 29.2 Å². The van der Waals surface area contributed by atoms with Crippen molar-refractivity contribution in [2.75, 3.05) is 6.61 Å². The molecule has 0 aliphatic heterocycles. The van der Waals surface area contributed by atoms with E-state index in [0.29, 0.717) is 6.42 Å². The molecule has 0 aliphatic carbocycles. The molecular weight excluding hydrogens is 192 g/mol. The number of carbonyl (C=O) groups excluding carboxylic acids is 1. The molecule has 0 heterocycles. The molecule has 0 aromatic carbocycles. The lowest BCUT2D eigenvalue weighted by Gasteiger charge is -2.27. The molecule has 0 aromatic rings. The molecule has 0 radical (unpaired) electrons.